The van der Waals surface area contributed by atoms with Gasteiger partial charge in [-0.25, -0.2) is 4.98 Å². The number of aromatic nitrogens is 2. The summed E-state index contributed by atoms with van der Waals surface area (Å²) < 4.78 is 32.6. The van der Waals surface area contributed by atoms with Gasteiger partial charge in [0.05, 0.1) is 16.8 Å². The van der Waals surface area contributed by atoms with E-state index in [2.05, 4.69) is 15.5 Å². The standard InChI is InChI=1S/C12H9ClN4O3S2/c13-11-10(17-5-6-21-12(17)15-11)7-14-16-8-1-3-9(4-2-8)22(18,19)20/h1-7,16H,(H,18,19,20)/b14-7+. The van der Waals surface area contributed by atoms with Crippen LogP contribution in [0.15, 0.2) is 45.8 Å². The van der Waals surface area contributed by atoms with Gasteiger partial charge in [0.25, 0.3) is 10.1 Å². The number of hydrogen-bond acceptors (Lipinski definition) is 6. The molecule has 0 spiro atoms. The fourth-order valence-electron chi connectivity index (χ4n) is 1.76. The van der Waals surface area contributed by atoms with E-state index in [1.807, 2.05) is 11.6 Å². The number of nitrogens with zero attached hydrogens (tertiary/aromatic N) is 3. The van der Waals surface area contributed by atoms with Crippen molar-refractivity contribution in [2.24, 2.45) is 5.10 Å². The number of hydrogen-bond donors (Lipinski definition) is 2. The van der Waals surface area contributed by atoms with Crippen LogP contribution in [0.3, 0.4) is 0 Å². The van der Waals surface area contributed by atoms with E-state index in [4.69, 9.17) is 16.2 Å². The number of imidazole rings is 1. The van der Waals surface area contributed by atoms with Crippen LogP contribution in [-0.4, -0.2) is 28.6 Å². The summed E-state index contributed by atoms with van der Waals surface area (Å²) in [5.41, 5.74) is 3.94. The van der Waals surface area contributed by atoms with Crippen molar-refractivity contribution in [3.05, 3.63) is 46.7 Å². The summed E-state index contributed by atoms with van der Waals surface area (Å²) in [5, 5.41) is 6.27. The highest BCUT2D eigenvalue weighted by Gasteiger charge is 2.09. The van der Waals surface area contributed by atoms with E-state index in [0.717, 1.165) is 4.96 Å². The van der Waals surface area contributed by atoms with Gasteiger partial charge < -0.3 is 0 Å². The Bertz CT molecular complexity index is 945. The second kappa shape index (κ2) is 5.69. The molecule has 0 amide bonds. The van der Waals surface area contributed by atoms with E-state index < -0.39 is 10.1 Å². The first-order valence-corrected chi connectivity index (χ1v) is 8.62. The molecule has 0 unspecified atom stereocenters. The quantitative estimate of drug-likeness (QED) is 0.425. The zero-order chi connectivity index (χ0) is 15.7. The van der Waals surface area contributed by atoms with Crippen molar-refractivity contribution in [2.45, 2.75) is 4.90 Å². The number of anilines is 1. The summed E-state index contributed by atoms with van der Waals surface area (Å²) in [6, 6.07) is 5.52. The molecule has 2 aromatic heterocycles. The SMILES string of the molecule is O=S(=O)(O)c1ccc(N/N=C/c2c(Cl)nc3sccn23)cc1. The third-order valence-corrected chi connectivity index (χ3v) is 4.69. The Kier molecular flexibility index (Phi) is 3.87. The summed E-state index contributed by atoms with van der Waals surface area (Å²) in [6.45, 7) is 0. The number of rotatable bonds is 4. The smallest absolute Gasteiger partial charge is 0.288 e. The summed E-state index contributed by atoms with van der Waals surface area (Å²) in [6.07, 6.45) is 3.35. The van der Waals surface area contributed by atoms with Gasteiger partial charge in [0.15, 0.2) is 10.1 Å². The first-order chi connectivity index (χ1) is 10.4. The molecule has 0 atom stereocenters. The van der Waals surface area contributed by atoms with Gasteiger partial charge in [-0.2, -0.15) is 13.5 Å². The largest absolute Gasteiger partial charge is 0.294 e. The van der Waals surface area contributed by atoms with Crippen LogP contribution in [0.25, 0.3) is 4.96 Å². The molecular weight excluding hydrogens is 348 g/mol. The lowest BCUT2D eigenvalue weighted by atomic mass is 10.3. The fraction of sp³-hybridized carbons (Fsp3) is 0. The molecule has 2 heterocycles. The van der Waals surface area contributed by atoms with E-state index in [1.54, 1.807) is 4.40 Å². The van der Waals surface area contributed by atoms with Crippen LogP contribution in [0.4, 0.5) is 5.69 Å². The minimum atomic E-state index is -4.19. The Morgan fingerprint density at radius 2 is 2.09 bits per heavy atom. The molecule has 0 aliphatic carbocycles. The third kappa shape index (κ3) is 2.97. The summed E-state index contributed by atoms with van der Waals surface area (Å²) in [7, 11) is -4.19. The monoisotopic (exact) mass is 356 g/mol. The molecule has 0 fully saturated rings. The minimum absolute atomic E-state index is 0.180. The molecule has 114 valence electrons. The zero-order valence-corrected chi connectivity index (χ0v) is 13.2. The Balaban J connectivity index is 1.77. The van der Waals surface area contributed by atoms with E-state index in [1.165, 1.54) is 41.8 Å². The van der Waals surface area contributed by atoms with Crippen LogP contribution in [0.2, 0.25) is 5.15 Å². The van der Waals surface area contributed by atoms with Crippen molar-refractivity contribution >= 4 is 49.9 Å². The van der Waals surface area contributed by atoms with Gasteiger partial charge in [0.2, 0.25) is 0 Å². The Morgan fingerprint density at radius 3 is 2.77 bits per heavy atom. The molecule has 0 bridgehead atoms. The minimum Gasteiger partial charge on any atom is -0.288 e. The van der Waals surface area contributed by atoms with Crippen LogP contribution in [0.5, 0.6) is 0 Å². The number of fused-ring (bicyclic) bond motifs is 1. The average Bonchev–Trinajstić information content (AvgIpc) is 3.01. The number of nitrogens with one attached hydrogen (secondary N) is 1. The number of benzene rings is 1. The topological polar surface area (TPSA) is 96.1 Å². The lowest BCUT2D eigenvalue weighted by molar-refractivity contribution is 0.483. The summed E-state index contributed by atoms with van der Waals surface area (Å²) in [5.74, 6) is 0. The van der Waals surface area contributed by atoms with Gasteiger partial charge in [0.1, 0.15) is 5.69 Å². The maximum Gasteiger partial charge on any atom is 0.294 e. The fourth-order valence-corrected chi connectivity index (χ4v) is 3.23. The van der Waals surface area contributed by atoms with Crippen molar-refractivity contribution in [3.63, 3.8) is 0 Å². The molecule has 0 saturated heterocycles. The molecule has 0 radical (unpaired) electrons. The first kappa shape index (κ1) is 15.0. The molecule has 0 aliphatic heterocycles. The van der Waals surface area contributed by atoms with Crippen molar-refractivity contribution in [1.82, 2.24) is 9.38 Å². The molecule has 2 N–H and O–H groups in total. The Hall–Kier alpha value is -1.94. The molecular formula is C12H9ClN4O3S2. The van der Waals surface area contributed by atoms with Crippen molar-refractivity contribution in [2.75, 3.05) is 5.43 Å². The molecule has 7 nitrogen and oxygen atoms in total. The molecule has 0 saturated carbocycles. The van der Waals surface area contributed by atoms with Gasteiger partial charge in [0, 0.05) is 11.6 Å². The normalized spacial score (nSPS) is 12.3. The first-order valence-electron chi connectivity index (χ1n) is 5.93. The van der Waals surface area contributed by atoms with Gasteiger partial charge in [-0.15, -0.1) is 11.3 Å². The zero-order valence-electron chi connectivity index (χ0n) is 10.8. The maximum absolute atomic E-state index is 10.9. The van der Waals surface area contributed by atoms with Crippen molar-refractivity contribution < 1.29 is 13.0 Å². The third-order valence-electron chi connectivity index (χ3n) is 2.79. The molecule has 3 rings (SSSR count). The number of thiazole rings is 1. The van der Waals surface area contributed by atoms with Crippen LogP contribution >= 0.6 is 22.9 Å². The van der Waals surface area contributed by atoms with Crippen LogP contribution in [-0.2, 0) is 10.1 Å². The molecule has 10 heteroatoms. The van der Waals surface area contributed by atoms with Crippen LogP contribution in [0.1, 0.15) is 5.69 Å². The number of hydrazone groups is 1. The molecule has 22 heavy (non-hydrogen) atoms. The van der Waals surface area contributed by atoms with Crippen molar-refractivity contribution in [1.29, 1.82) is 0 Å². The number of halogens is 1. The van der Waals surface area contributed by atoms with Gasteiger partial charge in [-0.1, -0.05) is 11.6 Å². The van der Waals surface area contributed by atoms with E-state index >= 15 is 0 Å². The highest BCUT2D eigenvalue weighted by Crippen LogP contribution is 2.20. The average molecular weight is 357 g/mol. The second-order valence-corrected chi connectivity index (χ2v) is 6.87. The van der Waals surface area contributed by atoms with E-state index in [9.17, 15) is 8.42 Å². The second-order valence-electron chi connectivity index (χ2n) is 4.21. The van der Waals surface area contributed by atoms with Crippen LogP contribution < -0.4 is 5.43 Å². The van der Waals surface area contributed by atoms with Gasteiger partial charge in [-0.05, 0) is 24.3 Å². The molecule has 3 aromatic rings. The highest BCUT2D eigenvalue weighted by molar-refractivity contribution is 7.85. The van der Waals surface area contributed by atoms with Gasteiger partial charge >= 0.3 is 0 Å². The van der Waals surface area contributed by atoms with Gasteiger partial charge in [-0.3, -0.25) is 14.4 Å². The van der Waals surface area contributed by atoms with E-state index in [0.29, 0.717) is 16.5 Å². The summed E-state index contributed by atoms with van der Waals surface area (Å²) in [4.78, 5) is 4.76. The van der Waals surface area contributed by atoms with E-state index in [-0.39, 0.29) is 4.90 Å². The van der Waals surface area contributed by atoms with Crippen molar-refractivity contribution in [3.8, 4) is 0 Å². The molecule has 0 aliphatic rings. The Morgan fingerprint density at radius 1 is 1.36 bits per heavy atom. The highest BCUT2D eigenvalue weighted by atomic mass is 35.5. The predicted octanol–water partition coefficient (Wildman–Crippen LogP) is 2.74. The summed E-state index contributed by atoms with van der Waals surface area (Å²) >= 11 is 7.48. The molecule has 1 aromatic carbocycles. The Labute approximate surface area is 134 Å². The van der Waals surface area contributed by atoms with Crippen LogP contribution in [0, 0.1) is 0 Å². The lowest BCUT2D eigenvalue weighted by Crippen LogP contribution is -1.98. The maximum atomic E-state index is 10.9. The predicted molar refractivity (Wildman–Crippen MR) is 85.6 cm³/mol. The lowest BCUT2D eigenvalue weighted by Gasteiger charge is -2.01.